The van der Waals surface area contributed by atoms with Crippen molar-refractivity contribution in [2.75, 3.05) is 4.31 Å². The highest BCUT2D eigenvalue weighted by atomic mass is 32.2. The number of hydrogen-bond acceptors (Lipinski definition) is 4. The summed E-state index contributed by atoms with van der Waals surface area (Å²) in [7, 11) is -3.97. The van der Waals surface area contributed by atoms with Crippen LogP contribution in [0.1, 0.15) is 36.0 Å². The lowest BCUT2D eigenvalue weighted by atomic mass is 9.82. The predicted molar refractivity (Wildman–Crippen MR) is 116 cm³/mol. The predicted octanol–water partition coefficient (Wildman–Crippen LogP) is 5.02. The molecule has 0 amide bonds. The number of sulfonamides is 1. The van der Waals surface area contributed by atoms with E-state index in [0.717, 1.165) is 22.8 Å². The van der Waals surface area contributed by atoms with E-state index in [-0.39, 0.29) is 22.5 Å². The molecule has 154 valence electrons. The highest BCUT2D eigenvalue weighted by Crippen LogP contribution is 2.44. The molecule has 3 aromatic rings. The number of fused-ring (bicyclic) bond motifs is 1. The standard InChI is InChI=1S/C23H22N2O4S/c1-16-11-12-23-22(13-16)21(18-7-4-3-5-8-18)14-17(2)24(23)30(28,29)20-10-6-9-19(15-20)25(26)27/h3-13,15,17,21H,14H2,1-2H3/t17-,21+/m1/s1. The Balaban J connectivity index is 1.86. The van der Waals surface area contributed by atoms with Gasteiger partial charge in [0.05, 0.1) is 15.5 Å². The molecule has 0 radical (unpaired) electrons. The van der Waals surface area contributed by atoms with Crippen LogP contribution in [0, 0.1) is 17.0 Å². The zero-order valence-electron chi connectivity index (χ0n) is 16.7. The second-order valence-electron chi connectivity index (χ2n) is 7.67. The number of nitro benzene ring substituents is 1. The SMILES string of the molecule is Cc1ccc2c(c1)[C@H](c1ccccc1)C[C@@H](C)N2S(=O)(=O)c1cccc([N+](=O)[O-])c1. The summed E-state index contributed by atoms with van der Waals surface area (Å²) < 4.78 is 28.6. The van der Waals surface area contributed by atoms with Gasteiger partial charge in [0.25, 0.3) is 15.7 Å². The fourth-order valence-electron chi connectivity index (χ4n) is 4.19. The fourth-order valence-corrected chi connectivity index (χ4v) is 5.93. The van der Waals surface area contributed by atoms with E-state index in [0.29, 0.717) is 12.1 Å². The number of non-ortho nitro benzene ring substituents is 1. The summed E-state index contributed by atoms with van der Waals surface area (Å²) in [5.41, 5.74) is 3.53. The van der Waals surface area contributed by atoms with Crippen molar-refractivity contribution in [3.8, 4) is 0 Å². The van der Waals surface area contributed by atoms with Crippen molar-refractivity contribution in [3.05, 3.63) is 99.6 Å². The van der Waals surface area contributed by atoms with E-state index in [1.807, 2.05) is 50.2 Å². The summed E-state index contributed by atoms with van der Waals surface area (Å²) in [6.07, 6.45) is 0.620. The van der Waals surface area contributed by atoms with Crippen molar-refractivity contribution < 1.29 is 13.3 Å². The normalized spacial score (nSPS) is 18.7. The van der Waals surface area contributed by atoms with E-state index in [4.69, 9.17) is 0 Å². The smallest absolute Gasteiger partial charge is 0.263 e. The Labute approximate surface area is 176 Å². The lowest BCUT2D eigenvalue weighted by Crippen LogP contribution is -2.43. The van der Waals surface area contributed by atoms with Crippen LogP contribution in [0.15, 0.2) is 77.7 Å². The van der Waals surface area contributed by atoms with Gasteiger partial charge in [0.1, 0.15) is 0 Å². The summed E-state index contributed by atoms with van der Waals surface area (Å²) in [5, 5.41) is 11.2. The van der Waals surface area contributed by atoms with Crippen LogP contribution in [0.3, 0.4) is 0 Å². The molecule has 0 N–H and O–H groups in total. The first-order chi connectivity index (χ1) is 14.3. The Morgan fingerprint density at radius 2 is 1.73 bits per heavy atom. The number of nitro groups is 1. The Morgan fingerprint density at radius 3 is 2.43 bits per heavy atom. The number of aryl methyl sites for hydroxylation is 1. The molecule has 0 fully saturated rings. The second-order valence-corrected chi connectivity index (χ2v) is 9.48. The van der Waals surface area contributed by atoms with Gasteiger partial charge in [-0.05, 0) is 43.5 Å². The third-order valence-electron chi connectivity index (χ3n) is 5.56. The average Bonchev–Trinajstić information content (AvgIpc) is 2.74. The minimum absolute atomic E-state index is 0.0757. The van der Waals surface area contributed by atoms with Crippen LogP contribution in [0.4, 0.5) is 11.4 Å². The number of nitrogens with zero attached hydrogens (tertiary/aromatic N) is 2. The Kier molecular flexibility index (Phi) is 5.07. The zero-order valence-corrected chi connectivity index (χ0v) is 17.5. The molecule has 0 bridgehead atoms. The molecule has 1 aliphatic heterocycles. The monoisotopic (exact) mass is 422 g/mol. The first-order valence-corrected chi connectivity index (χ1v) is 11.2. The van der Waals surface area contributed by atoms with E-state index >= 15 is 0 Å². The summed E-state index contributed by atoms with van der Waals surface area (Å²) >= 11 is 0. The van der Waals surface area contributed by atoms with Crippen molar-refractivity contribution in [1.82, 2.24) is 0 Å². The Hall–Kier alpha value is -3.19. The van der Waals surface area contributed by atoms with Gasteiger partial charge in [-0.1, -0.05) is 54.1 Å². The van der Waals surface area contributed by atoms with Crippen LogP contribution in [0.2, 0.25) is 0 Å². The molecule has 0 aliphatic carbocycles. The molecule has 2 atom stereocenters. The van der Waals surface area contributed by atoms with Crippen molar-refractivity contribution in [2.24, 2.45) is 0 Å². The molecule has 0 unspecified atom stereocenters. The highest BCUT2D eigenvalue weighted by molar-refractivity contribution is 7.92. The van der Waals surface area contributed by atoms with Crippen molar-refractivity contribution >= 4 is 21.4 Å². The average molecular weight is 423 g/mol. The van der Waals surface area contributed by atoms with Gasteiger partial charge in [0, 0.05) is 24.1 Å². The topological polar surface area (TPSA) is 80.5 Å². The van der Waals surface area contributed by atoms with Gasteiger partial charge in [-0.3, -0.25) is 14.4 Å². The van der Waals surface area contributed by atoms with Gasteiger partial charge in [-0.2, -0.15) is 0 Å². The third-order valence-corrected chi connectivity index (χ3v) is 7.48. The summed E-state index contributed by atoms with van der Waals surface area (Å²) in [6, 6.07) is 20.8. The maximum absolute atomic E-state index is 13.6. The maximum atomic E-state index is 13.6. The van der Waals surface area contributed by atoms with E-state index in [1.165, 1.54) is 22.5 Å². The molecule has 3 aromatic carbocycles. The first-order valence-electron chi connectivity index (χ1n) is 9.73. The lowest BCUT2D eigenvalue weighted by molar-refractivity contribution is -0.385. The number of benzene rings is 3. The number of anilines is 1. The Bertz CT molecular complexity index is 1210. The van der Waals surface area contributed by atoms with Gasteiger partial charge in [0.15, 0.2) is 0 Å². The first kappa shape index (κ1) is 20.1. The van der Waals surface area contributed by atoms with Crippen LogP contribution >= 0.6 is 0 Å². The Morgan fingerprint density at radius 1 is 1.00 bits per heavy atom. The third kappa shape index (κ3) is 3.45. The molecule has 0 saturated heterocycles. The van der Waals surface area contributed by atoms with E-state index in [2.05, 4.69) is 12.1 Å². The maximum Gasteiger partial charge on any atom is 0.270 e. The lowest BCUT2D eigenvalue weighted by Gasteiger charge is -2.40. The molecule has 0 aromatic heterocycles. The minimum atomic E-state index is -3.97. The van der Waals surface area contributed by atoms with E-state index in [1.54, 1.807) is 0 Å². The molecular formula is C23H22N2O4S. The van der Waals surface area contributed by atoms with E-state index < -0.39 is 14.9 Å². The fraction of sp³-hybridized carbons (Fsp3) is 0.217. The van der Waals surface area contributed by atoms with Crippen LogP contribution in [-0.4, -0.2) is 19.4 Å². The van der Waals surface area contributed by atoms with Gasteiger partial charge >= 0.3 is 0 Å². The van der Waals surface area contributed by atoms with Crippen LogP contribution in [0.5, 0.6) is 0 Å². The molecule has 4 rings (SSSR count). The molecule has 6 nitrogen and oxygen atoms in total. The van der Waals surface area contributed by atoms with Crippen molar-refractivity contribution in [3.63, 3.8) is 0 Å². The largest absolute Gasteiger partial charge is 0.270 e. The number of rotatable bonds is 4. The van der Waals surface area contributed by atoms with Gasteiger partial charge in [-0.15, -0.1) is 0 Å². The van der Waals surface area contributed by atoms with Crippen molar-refractivity contribution in [2.45, 2.75) is 37.1 Å². The zero-order chi connectivity index (χ0) is 21.5. The molecular weight excluding hydrogens is 400 g/mol. The van der Waals surface area contributed by atoms with E-state index in [9.17, 15) is 18.5 Å². The van der Waals surface area contributed by atoms with Gasteiger partial charge in [0.2, 0.25) is 0 Å². The van der Waals surface area contributed by atoms with Gasteiger partial charge < -0.3 is 0 Å². The molecule has 0 spiro atoms. The highest BCUT2D eigenvalue weighted by Gasteiger charge is 2.38. The summed E-state index contributed by atoms with van der Waals surface area (Å²) in [4.78, 5) is 10.5. The second kappa shape index (κ2) is 7.57. The molecule has 30 heavy (non-hydrogen) atoms. The van der Waals surface area contributed by atoms with Crippen LogP contribution in [0.25, 0.3) is 0 Å². The quantitative estimate of drug-likeness (QED) is 0.437. The van der Waals surface area contributed by atoms with Gasteiger partial charge in [-0.25, -0.2) is 8.42 Å². The molecule has 0 saturated carbocycles. The summed E-state index contributed by atoms with van der Waals surface area (Å²) in [6.45, 7) is 3.87. The van der Waals surface area contributed by atoms with Crippen molar-refractivity contribution in [1.29, 1.82) is 0 Å². The number of hydrogen-bond donors (Lipinski definition) is 0. The molecule has 1 aliphatic rings. The van der Waals surface area contributed by atoms with Crippen LogP contribution in [-0.2, 0) is 10.0 Å². The summed E-state index contributed by atoms with van der Waals surface area (Å²) in [5.74, 6) is 0.0765. The minimum Gasteiger partial charge on any atom is -0.263 e. The molecule has 1 heterocycles. The molecule has 7 heteroatoms. The van der Waals surface area contributed by atoms with Crippen LogP contribution < -0.4 is 4.31 Å².